The molecule has 27 heavy (non-hydrogen) atoms. The lowest BCUT2D eigenvalue weighted by Crippen LogP contribution is -2.38. The Morgan fingerprint density at radius 1 is 1.26 bits per heavy atom. The van der Waals surface area contributed by atoms with Crippen LogP contribution < -0.4 is 10.6 Å². The van der Waals surface area contributed by atoms with Gasteiger partial charge in [-0.2, -0.15) is 10.1 Å². The molecule has 1 fully saturated rings. The van der Waals surface area contributed by atoms with Crippen LogP contribution in [-0.2, 0) is 6.42 Å². The lowest BCUT2D eigenvalue weighted by atomic mass is 9.86. The van der Waals surface area contributed by atoms with E-state index in [-0.39, 0.29) is 11.9 Å². The maximum absolute atomic E-state index is 12.4. The summed E-state index contributed by atoms with van der Waals surface area (Å²) < 4.78 is 0. The molecule has 1 aromatic carbocycles. The largest absolute Gasteiger partial charge is 0.354 e. The summed E-state index contributed by atoms with van der Waals surface area (Å²) in [5.74, 6) is 2.00. The van der Waals surface area contributed by atoms with Gasteiger partial charge in [-0.1, -0.05) is 30.1 Å². The van der Waals surface area contributed by atoms with Gasteiger partial charge in [-0.3, -0.25) is 4.79 Å². The van der Waals surface area contributed by atoms with Gasteiger partial charge in [0.15, 0.2) is 5.82 Å². The second-order valence-corrected chi connectivity index (χ2v) is 7.89. The van der Waals surface area contributed by atoms with Crippen molar-refractivity contribution in [1.29, 1.82) is 0 Å². The van der Waals surface area contributed by atoms with Crippen LogP contribution in [0.25, 0.3) is 0 Å². The minimum Gasteiger partial charge on any atom is -0.354 e. The number of nitrogens with one attached hydrogen (secondary N) is 3. The number of nitrogens with zero attached hydrogens (tertiary/aromatic N) is 2. The van der Waals surface area contributed by atoms with Crippen molar-refractivity contribution in [3.05, 3.63) is 39.6 Å². The predicted molar refractivity (Wildman–Crippen MR) is 109 cm³/mol. The van der Waals surface area contributed by atoms with Crippen LogP contribution >= 0.6 is 23.2 Å². The molecule has 1 saturated carbocycles. The van der Waals surface area contributed by atoms with E-state index in [9.17, 15) is 4.79 Å². The summed E-state index contributed by atoms with van der Waals surface area (Å²) in [6.07, 6.45) is 5.93. The number of aromatic nitrogens is 3. The second-order valence-electron chi connectivity index (χ2n) is 7.05. The molecule has 8 heteroatoms. The number of halogens is 2. The summed E-state index contributed by atoms with van der Waals surface area (Å²) in [4.78, 5) is 16.9. The first kappa shape index (κ1) is 20.0. The van der Waals surface area contributed by atoms with Gasteiger partial charge in [0.05, 0.1) is 10.6 Å². The molecule has 0 aliphatic heterocycles. The molecule has 0 radical (unpaired) electrons. The van der Waals surface area contributed by atoms with Gasteiger partial charge in [-0.05, 0) is 56.2 Å². The Morgan fingerprint density at radius 3 is 2.78 bits per heavy atom. The van der Waals surface area contributed by atoms with Gasteiger partial charge in [-0.25, -0.2) is 5.10 Å². The molecule has 0 atom stereocenters. The Labute approximate surface area is 169 Å². The fourth-order valence-electron chi connectivity index (χ4n) is 3.40. The number of benzene rings is 1. The Balaban J connectivity index is 1.43. The molecule has 1 heterocycles. The zero-order valence-corrected chi connectivity index (χ0v) is 16.9. The molecule has 0 bridgehead atoms. The first-order valence-electron chi connectivity index (χ1n) is 9.46. The number of hydrogen-bond donors (Lipinski definition) is 3. The van der Waals surface area contributed by atoms with E-state index < -0.39 is 0 Å². The minimum absolute atomic E-state index is 0.158. The third-order valence-electron chi connectivity index (χ3n) is 4.92. The van der Waals surface area contributed by atoms with E-state index in [0.717, 1.165) is 56.8 Å². The van der Waals surface area contributed by atoms with Crippen LogP contribution in [0.15, 0.2) is 18.2 Å². The maximum Gasteiger partial charge on any atom is 0.253 e. The lowest BCUT2D eigenvalue weighted by molar-refractivity contribution is 0.0923. The quantitative estimate of drug-likeness (QED) is 0.629. The lowest BCUT2D eigenvalue weighted by Gasteiger charge is -2.29. The van der Waals surface area contributed by atoms with E-state index in [1.807, 2.05) is 0 Å². The van der Waals surface area contributed by atoms with Gasteiger partial charge in [0, 0.05) is 24.0 Å². The van der Waals surface area contributed by atoms with Crippen LogP contribution in [0.3, 0.4) is 0 Å². The van der Waals surface area contributed by atoms with Crippen molar-refractivity contribution in [2.45, 2.75) is 51.5 Å². The molecule has 3 rings (SSSR count). The summed E-state index contributed by atoms with van der Waals surface area (Å²) in [6, 6.07) is 5.11. The normalized spacial score (nSPS) is 19.7. The number of aryl methyl sites for hydroxylation is 1. The molecule has 146 valence electrons. The molecular weight excluding hydrogens is 385 g/mol. The van der Waals surface area contributed by atoms with Gasteiger partial charge in [0.1, 0.15) is 0 Å². The minimum atomic E-state index is -0.158. The third-order valence-corrected chi connectivity index (χ3v) is 5.48. The first-order chi connectivity index (χ1) is 13.0. The van der Waals surface area contributed by atoms with Crippen LogP contribution in [0, 0.1) is 5.92 Å². The zero-order valence-electron chi connectivity index (χ0n) is 15.4. The SMILES string of the molecule is CCCc1n[nH]c(NC[C@H]2CC[C@H](NC(=O)c3cc(Cl)ccc3Cl)CC2)n1. The van der Waals surface area contributed by atoms with E-state index in [2.05, 4.69) is 32.7 Å². The summed E-state index contributed by atoms with van der Waals surface area (Å²) >= 11 is 12.1. The van der Waals surface area contributed by atoms with E-state index >= 15 is 0 Å². The average Bonchev–Trinajstić information content (AvgIpc) is 3.11. The van der Waals surface area contributed by atoms with Gasteiger partial charge >= 0.3 is 0 Å². The maximum atomic E-state index is 12.4. The number of H-pyrrole nitrogens is 1. The molecule has 0 spiro atoms. The highest BCUT2D eigenvalue weighted by atomic mass is 35.5. The monoisotopic (exact) mass is 409 g/mol. The van der Waals surface area contributed by atoms with Gasteiger partial charge in [0.2, 0.25) is 5.95 Å². The van der Waals surface area contributed by atoms with E-state index in [0.29, 0.717) is 21.5 Å². The molecule has 2 aromatic rings. The Kier molecular flexibility index (Phi) is 6.96. The van der Waals surface area contributed by atoms with Crippen molar-refractivity contribution >= 4 is 35.1 Å². The molecule has 0 saturated heterocycles. The van der Waals surface area contributed by atoms with Crippen molar-refractivity contribution in [1.82, 2.24) is 20.5 Å². The van der Waals surface area contributed by atoms with Gasteiger partial charge < -0.3 is 10.6 Å². The second kappa shape index (κ2) is 9.42. The van der Waals surface area contributed by atoms with Crippen molar-refractivity contribution in [2.24, 2.45) is 5.92 Å². The number of aromatic amines is 1. The predicted octanol–water partition coefficient (Wildman–Crippen LogP) is 4.46. The zero-order chi connectivity index (χ0) is 19.2. The smallest absolute Gasteiger partial charge is 0.253 e. The number of anilines is 1. The third kappa shape index (κ3) is 5.59. The molecule has 6 nitrogen and oxygen atoms in total. The summed E-state index contributed by atoms with van der Waals surface area (Å²) in [6.45, 7) is 2.97. The molecular formula is C19H25Cl2N5O. The Hall–Kier alpha value is -1.79. The van der Waals surface area contributed by atoms with Crippen molar-refractivity contribution in [3.8, 4) is 0 Å². The topological polar surface area (TPSA) is 82.7 Å². The Morgan fingerprint density at radius 2 is 2.04 bits per heavy atom. The number of carbonyl (C=O) groups is 1. The molecule has 1 aromatic heterocycles. The highest BCUT2D eigenvalue weighted by Gasteiger charge is 2.23. The highest BCUT2D eigenvalue weighted by molar-refractivity contribution is 6.35. The number of amides is 1. The van der Waals surface area contributed by atoms with E-state index in [4.69, 9.17) is 23.2 Å². The van der Waals surface area contributed by atoms with E-state index in [1.165, 1.54) is 0 Å². The van der Waals surface area contributed by atoms with Crippen molar-refractivity contribution < 1.29 is 4.79 Å². The molecule has 3 N–H and O–H groups in total. The van der Waals surface area contributed by atoms with Gasteiger partial charge in [-0.15, -0.1) is 0 Å². The van der Waals surface area contributed by atoms with Crippen LogP contribution in [0.2, 0.25) is 10.0 Å². The molecule has 1 amide bonds. The van der Waals surface area contributed by atoms with Crippen LogP contribution in [0.4, 0.5) is 5.95 Å². The van der Waals surface area contributed by atoms with Crippen LogP contribution in [0.1, 0.15) is 55.2 Å². The van der Waals surface area contributed by atoms with Crippen LogP contribution in [-0.4, -0.2) is 33.7 Å². The van der Waals surface area contributed by atoms with Crippen molar-refractivity contribution in [2.75, 3.05) is 11.9 Å². The van der Waals surface area contributed by atoms with E-state index in [1.54, 1.807) is 18.2 Å². The number of rotatable bonds is 7. The van der Waals surface area contributed by atoms with Gasteiger partial charge in [0.25, 0.3) is 5.91 Å². The number of carbonyl (C=O) groups excluding carboxylic acids is 1. The fourth-order valence-corrected chi connectivity index (χ4v) is 3.77. The Bertz CT molecular complexity index is 771. The number of hydrogen-bond acceptors (Lipinski definition) is 4. The fraction of sp³-hybridized carbons (Fsp3) is 0.526. The van der Waals surface area contributed by atoms with Crippen molar-refractivity contribution in [3.63, 3.8) is 0 Å². The molecule has 1 aliphatic rings. The first-order valence-corrected chi connectivity index (χ1v) is 10.2. The standard InChI is InChI=1S/C19H25Cl2N5O/c1-2-3-17-24-19(26-25-17)22-11-12-4-7-14(8-5-12)23-18(27)15-10-13(20)6-9-16(15)21/h6,9-10,12,14H,2-5,7-8,11H2,1H3,(H,23,27)(H2,22,24,25,26)/t12-,14-. The summed E-state index contributed by atoms with van der Waals surface area (Å²) in [5, 5.41) is 14.5. The molecule has 1 aliphatic carbocycles. The highest BCUT2D eigenvalue weighted by Crippen LogP contribution is 2.26. The average molecular weight is 410 g/mol. The van der Waals surface area contributed by atoms with Crippen LogP contribution in [0.5, 0.6) is 0 Å². The molecule has 0 unspecified atom stereocenters. The summed E-state index contributed by atoms with van der Waals surface area (Å²) in [7, 11) is 0. The summed E-state index contributed by atoms with van der Waals surface area (Å²) in [5.41, 5.74) is 0.432.